The maximum atomic E-state index is 12.3. The monoisotopic (exact) mass is 319 g/mol. The van der Waals surface area contributed by atoms with Crippen molar-refractivity contribution in [3.63, 3.8) is 0 Å². The summed E-state index contributed by atoms with van der Waals surface area (Å²) in [4.78, 5) is 23.8. The second kappa shape index (κ2) is 5.19. The maximum Gasteiger partial charge on any atom is 0.286 e. The number of halogens is 1. The number of nitrogens with zero attached hydrogens (tertiary/aromatic N) is 1. The Bertz CT molecular complexity index is 897. The molecule has 0 saturated carbocycles. The van der Waals surface area contributed by atoms with E-state index in [2.05, 4.69) is 10.5 Å². The van der Waals surface area contributed by atoms with Crippen LogP contribution in [0.5, 0.6) is 0 Å². The van der Waals surface area contributed by atoms with Gasteiger partial charge in [0.05, 0.1) is 6.20 Å². The van der Waals surface area contributed by atoms with Crippen molar-refractivity contribution in [1.82, 2.24) is 5.16 Å². The van der Waals surface area contributed by atoms with Crippen LogP contribution in [0.1, 0.15) is 26.7 Å². The molecule has 2 aromatic heterocycles. The van der Waals surface area contributed by atoms with Gasteiger partial charge in [-0.3, -0.25) is 9.59 Å². The first-order valence-electron chi connectivity index (χ1n) is 6.22. The molecule has 8 heteroatoms. The lowest BCUT2D eigenvalue weighted by Gasteiger charge is -2.03. The van der Waals surface area contributed by atoms with E-state index in [0.717, 1.165) is 0 Å². The highest BCUT2D eigenvalue weighted by atomic mass is 35.5. The molecule has 0 radical (unpaired) electrons. The van der Waals surface area contributed by atoms with Crippen molar-refractivity contribution >= 4 is 40.1 Å². The van der Waals surface area contributed by atoms with Gasteiger partial charge in [-0.05, 0) is 25.1 Å². The van der Waals surface area contributed by atoms with Crippen LogP contribution in [-0.2, 0) is 0 Å². The molecule has 0 spiro atoms. The van der Waals surface area contributed by atoms with E-state index in [0.29, 0.717) is 21.8 Å². The Labute approximate surface area is 129 Å². The highest BCUT2D eigenvalue weighted by molar-refractivity contribution is 6.31. The number of primary amides is 1. The Hall–Kier alpha value is -2.80. The van der Waals surface area contributed by atoms with Crippen LogP contribution in [-0.4, -0.2) is 17.0 Å². The number of anilines is 1. The molecule has 3 N–H and O–H groups in total. The summed E-state index contributed by atoms with van der Waals surface area (Å²) in [6.45, 7) is 1.60. The van der Waals surface area contributed by atoms with Gasteiger partial charge in [0.2, 0.25) is 5.76 Å². The number of carbonyl (C=O) groups is 2. The summed E-state index contributed by atoms with van der Waals surface area (Å²) in [7, 11) is 0. The molecular formula is C14H10ClN3O4. The molecule has 0 atom stereocenters. The van der Waals surface area contributed by atoms with Gasteiger partial charge in [0.1, 0.15) is 22.6 Å². The lowest BCUT2D eigenvalue weighted by molar-refractivity contribution is 0.0977. The van der Waals surface area contributed by atoms with Crippen LogP contribution in [0.4, 0.5) is 5.69 Å². The molecule has 0 aliphatic rings. The Morgan fingerprint density at radius 2 is 2.14 bits per heavy atom. The van der Waals surface area contributed by atoms with Crippen molar-refractivity contribution < 1.29 is 18.5 Å². The minimum atomic E-state index is -0.801. The number of nitrogens with one attached hydrogen (secondary N) is 1. The lowest BCUT2D eigenvalue weighted by atomic mass is 10.2. The maximum absolute atomic E-state index is 12.3. The van der Waals surface area contributed by atoms with Crippen LogP contribution in [0.3, 0.4) is 0 Å². The van der Waals surface area contributed by atoms with Crippen molar-refractivity contribution in [3.05, 3.63) is 46.5 Å². The van der Waals surface area contributed by atoms with Gasteiger partial charge in [-0.25, -0.2) is 0 Å². The SMILES string of the molecule is Cc1oncc1C(=O)Nc1c(C(N)=O)oc2ccc(Cl)cc12. The van der Waals surface area contributed by atoms with Crippen LogP contribution in [0.25, 0.3) is 11.0 Å². The third-order valence-electron chi connectivity index (χ3n) is 3.11. The van der Waals surface area contributed by atoms with Crippen molar-refractivity contribution in [2.24, 2.45) is 5.73 Å². The molecule has 1 aromatic carbocycles. The van der Waals surface area contributed by atoms with Gasteiger partial charge in [0, 0.05) is 10.4 Å². The summed E-state index contributed by atoms with van der Waals surface area (Å²) >= 11 is 5.95. The molecule has 0 fully saturated rings. The van der Waals surface area contributed by atoms with Crippen molar-refractivity contribution in [1.29, 1.82) is 0 Å². The van der Waals surface area contributed by atoms with E-state index in [1.807, 2.05) is 0 Å². The van der Waals surface area contributed by atoms with E-state index < -0.39 is 11.8 Å². The van der Waals surface area contributed by atoms with Crippen LogP contribution >= 0.6 is 11.6 Å². The summed E-state index contributed by atoms with van der Waals surface area (Å²) < 4.78 is 10.2. The third-order valence-corrected chi connectivity index (χ3v) is 3.34. The quantitative estimate of drug-likeness (QED) is 0.771. The molecule has 112 valence electrons. The summed E-state index contributed by atoms with van der Waals surface area (Å²) in [5, 5.41) is 7.03. The number of aromatic nitrogens is 1. The molecule has 2 amide bonds. The molecule has 0 saturated heterocycles. The van der Waals surface area contributed by atoms with E-state index in [4.69, 9.17) is 26.3 Å². The molecule has 2 heterocycles. The fraction of sp³-hybridized carbons (Fsp3) is 0.0714. The zero-order chi connectivity index (χ0) is 15.9. The number of carbonyl (C=O) groups excluding carboxylic acids is 2. The molecule has 0 aliphatic heterocycles. The van der Waals surface area contributed by atoms with Gasteiger partial charge in [-0.1, -0.05) is 16.8 Å². The highest BCUT2D eigenvalue weighted by Crippen LogP contribution is 2.33. The lowest BCUT2D eigenvalue weighted by Crippen LogP contribution is -2.17. The van der Waals surface area contributed by atoms with Crippen molar-refractivity contribution in [2.45, 2.75) is 6.92 Å². The van der Waals surface area contributed by atoms with E-state index in [1.54, 1.807) is 25.1 Å². The number of rotatable bonds is 3. The Balaban J connectivity index is 2.10. The van der Waals surface area contributed by atoms with E-state index in [1.165, 1.54) is 6.20 Å². The number of nitrogens with two attached hydrogens (primary N) is 1. The van der Waals surface area contributed by atoms with Gasteiger partial charge < -0.3 is 20.0 Å². The van der Waals surface area contributed by atoms with Crippen LogP contribution in [0.15, 0.2) is 33.3 Å². The zero-order valence-electron chi connectivity index (χ0n) is 11.3. The van der Waals surface area contributed by atoms with Gasteiger partial charge in [-0.2, -0.15) is 0 Å². The topological polar surface area (TPSA) is 111 Å². The smallest absolute Gasteiger partial charge is 0.286 e. The molecule has 0 bridgehead atoms. The van der Waals surface area contributed by atoms with Crippen molar-refractivity contribution in [2.75, 3.05) is 5.32 Å². The first kappa shape index (κ1) is 14.2. The van der Waals surface area contributed by atoms with Crippen molar-refractivity contribution in [3.8, 4) is 0 Å². The highest BCUT2D eigenvalue weighted by Gasteiger charge is 2.22. The molecule has 7 nitrogen and oxygen atoms in total. The fourth-order valence-corrected chi connectivity index (χ4v) is 2.24. The largest absolute Gasteiger partial charge is 0.449 e. The molecular weight excluding hydrogens is 310 g/mol. The molecule has 3 rings (SSSR count). The summed E-state index contributed by atoms with van der Waals surface area (Å²) in [6, 6.07) is 4.77. The predicted octanol–water partition coefficient (Wildman–Crippen LogP) is 2.73. The van der Waals surface area contributed by atoms with Gasteiger partial charge in [0.15, 0.2) is 0 Å². The zero-order valence-corrected chi connectivity index (χ0v) is 12.1. The number of fused-ring (bicyclic) bond motifs is 1. The Morgan fingerprint density at radius 3 is 2.77 bits per heavy atom. The number of hydrogen-bond donors (Lipinski definition) is 2. The predicted molar refractivity (Wildman–Crippen MR) is 78.9 cm³/mol. The minimum absolute atomic E-state index is 0.153. The van der Waals surface area contributed by atoms with Gasteiger partial charge >= 0.3 is 0 Å². The first-order valence-corrected chi connectivity index (χ1v) is 6.59. The van der Waals surface area contributed by atoms with E-state index >= 15 is 0 Å². The fourth-order valence-electron chi connectivity index (χ4n) is 2.07. The molecule has 22 heavy (non-hydrogen) atoms. The van der Waals surface area contributed by atoms with Crippen LogP contribution in [0.2, 0.25) is 5.02 Å². The van der Waals surface area contributed by atoms with Gasteiger partial charge in [0.25, 0.3) is 11.8 Å². The average molecular weight is 320 g/mol. The summed E-state index contributed by atoms with van der Waals surface area (Å²) in [5.74, 6) is -1.10. The second-order valence-electron chi connectivity index (χ2n) is 4.56. The average Bonchev–Trinajstić information content (AvgIpc) is 3.03. The molecule has 0 unspecified atom stereocenters. The third kappa shape index (κ3) is 2.31. The molecule has 0 aliphatic carbocycles. The Morgan fingerprint density at radius 1 is 1.36 bits per heavy atom. The van der Waals surface area contributed by atoms with E-state index in [9.17, 15) is 9.59 Å². The molecule has 3 aromatic rings. The second-order valence-corrected chi connectivity index (χ2v) is 5.00. The first-order chi connectivity index (χ1) is 10.5. The Kier molecular flexibility index (Phi) is 3.34. The van der Waals surface area contributed by atoms with Crippen LogP contribution < -0.4 is 11.1 Å². The van der Waals surface area contributed by atoms with Gasteiger partial charge in [-0.15, -0.1) is 0 Å². The number of hydrogen-bond acceptors (Lipinski definition) is 5. The summed E-state index contributed by atoms with van der Waals surface area (Å²) in [6.07, 6.45) is 1.28. The number of aryl methyl sites for hydroxylation is 1. The van der Waals surface area contributed by atoms with Crippen LogP contribution in [0, 0.1) is 6.92 Å². The number of furan rings is 1. The standard InChI is InChI=1S/C14H10ClN3O4/c1-6-9(5-17-22-6)14(20)18-11-8-4-7(15)2-3-10(8)21-12(11)13(16)19/h2-5H,1H3,(H2,16,19)(H,18,20). The normalized spacial score (nSPS) is 10.8. The number of amides is 2. The summed E-state index contributed by atoms with van der Waals surface area (Å²) in [5.41, 5.74) is 6.08. The van der Waals surface area contributed by atoms with E-state index in [-0.39, 0.29) is 17.0 Å². The number of benzene rings is 1. The minimum Gasteiger partial charge on any atom is -0.449 e.